The van der Waals surface area contributed by atoms with Gasteiger partial charge in [-0.15, -0.1) is 0 Å². The van der Waals surface area contributed by atoms with Crippen molar-refractivity contribution in [3.63, 3.8) is 0 Å². The maximum Gasteiger partial charge on any atom is 0.341 e. The van der Waals surface area contributed by atoms with Crippen LogP contribution in [0.1, 0.15) is 15.9 Å². The van der Waals surface area contributed by atoms with Gasteiger partial charge in [0.1, 0.15) is 17.7 Å². The van der Waals surface area contributed by atoms with Crippen LogP contribution in [0.2, 0.25) is 0 Å². The van der Waals surface area contributed by atoms with Gasteiger partial charge in [-0.25, -0.2) is 14.8 Å². The zero-order valence-corrected chi connectivity index (χ0v) is 12.5. The van der Waals surface area contributed by atoms with Crippen LogP contribution in [0, 0.1) is 0 Å². The topological polar surface area (TPSA) is 66.3 Å². The third kappa shape index (κ3) is 3.54. The van der Waals surface area contributed by atoms with Crippen molar-refractivity contribution in [3.8, 4) is 0 Å². The first-order valence-corrected chi connectivity index (χ1v) is 6.86. The summed E-state index contributed by atoms with van der Waals surface area (Å²) in [5.41, 5.74) is 1.29. The number of likely N-dealkylation sites (N-methyl/N-ethyl adjacent to an activating group) is 1. The molecule has 20 heavy (non-hydrogen) atoms. The van der Waals surface area contributed by atoms with Gasteiger partial charge in [0.15, 0.2) is 0 Å². The number of rotatable bonds is 5. The van der Waals surface area contributed by atoms with Gasteiger partial charge in [-0.3, -0.25) is 0 Å². The molecule has 6 heteroatoms. The van der Waals surface area contributed by atoms with Crippen LogP contribution in [0.4, 0.5) is 5.82 Å². The number of halogens is 1. The van der Waals surface area contributed by atoms with E-state index in [1.165, 1.54) is 18.1 Å². The van der Waals surface area contributed by atoms with Crippen LogP contribution in [-0.2, 0) is 6.42 Å². The van der Waals surface area contributed by atoms with Gasteiger partial charge in [0.25, 0.3) is 0 Å². The molecule has 1 aromatic carbocycles. The first-order chi connectivity index (χ1) is 9.58. The second kappa shape index (κ2) is 6.47. The lowest BCUT2D eigenvalue weighted by Gasteiger charge is -2.19. The summed E-state index contributed by atoms with van der Waals surface area (Å²) in [5.74, 6) is -0.586. The van der Waals surface area contributed by atoms with Crippen LogP contribution < -0.4 is 4.90 Å². The summed E-state index contributed by atoms with van der Waals surface area (Å²) in [7, 11) is 1.83. The van der Waals surface area contributed by atoms with Crippen molar-refractivity contribution < 1.29 is 9.90 Å². The molecule has 0 aliphatic carbocycles. The van der Waals surface area contributed by atoms with Gasteiger partial charge in [-0.2, -0.15) is 0 Å². The lowest BCUT2D eigenvalue weighted by Crippen LogP contribution is -2.24. The second-order valence-electron chi connectivity index (χ2n) is 4.37. The van der Waals surface area contributed by atoms with E-state index in [9.17, 15) is 4.79 Å². The number of aromatic nitrogens is 2. The Bertz CT molecular complexity index is 619. The quantitative estimate of drug-likeness (QED) is 0.909. The standard InChI is InChI=1S/C14H14BrN3O2/c1-18(6-5-10-3-2-4-11(15)7-10)13-12(14(19)20)8-16-9-17-13/h2-4,7-9H,5-6H2,1H3,(H,19,20). The number of hydrogen-bond acceptors (Lipinski definition) is 4. The number of hydrogen-bond donors (Lipinski definition) is 1. The molecule has 104 valence electrons. The zero-order valence-electron chi connectivity index (χ0n) is 11.0. The molecule has 0 fully saturated rings. The van der Waals surface area contributed by atoms with Crippen molar-refractivity contribution >= 4 is 27.7 Å². The average molecular weight is 336 g/mol. The van der Waals surface area contributed by atoms with Gasteiger partial charge in [-0.1, -0.05) is 28.1 Å². The highest BCUT2D eigenvalue weighted by atomic mass is 79.9. The van der Waals surface area contributed by atoms with Crippen molar-refractivity contribution in [1.29, 1.82) is 0 Å². The molecule has 0 atom stereocenters. The van der Waals surface area contributed by atoms with E-state index in [-0.39, 0.29) is 5.56 Å². The lowest BCUT2D eigenvalue weighted by atomic mass is 10.1. The molecule has 0 aliphatic rings. The van der Waals surface area contributed by atoms with Crippen LogP contribution in [0.15, 0.2) is 41.3 Å². The highest BCUT2D eigenvalue weighted by molar-refractivity contribution is 9.10. The van der Waals surface area contributed by atoms with E-state index in [2.05, 4.69) is 25.9 Å². The van der Waals surface area contributed by atoms with Crippen LogP contribution in [0.3, 0.4) is 0 Å². The first kappa shape index (κ1) is 14.5. The minimum absolute atomic E-state index is 0.115. The molecule has 0 aliphatic heterocycles. The first-order valence-electron chi connectivity index (χ1n) is 6.07. The maximum atomic E-state index is 11.1. The van der Waals surface area contributed by atoms with Crippen LogP contribution in [0.25, 0.3) is 0 Å². The summed E-state index contributed by atoms with van der Waals surface area (Å²) < 4.78 is 1.03. The van der Waals surface area contributed by atoms with Crippen LogP contribution in [-0.4, -0.2) is 34.6 Å². The Morgan fingerprint density at radius 3 is 2.95 bits per heavy atom. The second-order valence-corrected chi connectivity index (χ2v) is 5.28. The van der Waals surface area contributed by atoms with Gasteiger partial charge in [0, 0.05) is 24.3 Å². The van der Waals surface area contributed by atoms with Crippen molar-refractivity contribution in [2.24, 2.45) is 0 Å². The number of carbonyl (C=O) groups is 1. The largest absolute Gasteiger partial charge is 0.477 e. The number of carboxylic acids is 1. The molecule has 0 amide bonds. The molecule has 1 heterocycles. The Balaban J connectivity index is 2.09. The fraction of sp³-hybridized carbons (Fsp3) is 0.214. The molecule has 0 bridgehead atoms. The molecule has 2 rings (SSSR count). The van der Waals surface area contributed by atoms with Gasteiger partial charge in [0.05, 0.1) is 0 Å². The average Bonchev–Trinajstić information content (AvgIpc) is 2.45. The zero-order chi connectivity index (χ0) is 14.5. The SMILES string of the molecule is CN(CCc1cccc(Br)c1)c1ncncc1C(=O)O. The lowest BCUT2D eigenvalue weighted by molar-refractivity contribution is 0.0696. The third-order valence-corrected chi connectivity index (χ3v) is 3.40. The van der Waals surface area contributed by atoms with E-state index in [4.69, 9.17) is 5.11 Å². The number of anilines is 1. The molecular weight excluding hydrogens is 322 g/mol. The number of benzene rings is 1. The molecule has 1 N–H and O–H groups in total. The Morgan fingerprint density at radius 1 is 1.45 bits per heavy atom. The minimum Gasteiger partial charge on any atom is -0.477 e. The molecule has 0 radical (unpaired) electrons. The van der Waals surface area contributed by atoms with E-state index in [1.807, 2.05) is 36.2 Å². The Morgan fingerprint density at radius 2 is 2.25 bits per heavy atom. The summed E-state index contributed by atoms with van der Waals surface area (Å²) in [6.45, 7) is 0.674. The van der Waals surface area contributed by atoms with Gasteiger partial charge in [-0.05, 0) is 24.1 Å². The van der Waals surface area contributed by atoms with Crippen molar-refractivity contribution in [2.45, 2.75) is 6.42 Å². The summed E-state index contributed by atoms with van der Waals surface area (Å²) in [4.78, 5) is 20.8. The smallest absolute Gasteiger partial charge is 0.341 e. The summed E-state index contributed by atoms with van der Waals surface area (Å²) in [5, 5.41) is 9.12. The fourth-order valence-electron chi connectivity index (χ4n) is 1.87. The van der Waals surface area contributed by atoms with Crippen molar-refractivity contribution in [2.75, 3.05) is 18.5 Å². The number of aromatic carboxylic acids is 1. The summed E-state index contributed by atoms with van der Waals surface area (Å²) in [6, 6.07) is 8.04. The van der Waals surface area contributed by atoms with Gasteiger partial charge >= 0.3 is 5.97 Å². The summed E-state index contributed by atoms with van der Waals surface area (Å²) >= 11 is 3.43. The Labute approximate surface area is 125 Å². The van der Waals surface area contributed by atoms with E-state index >= 15 is 0 Å². The van der Waals surface area contributed by atoms with E-state index in [0.717, 1.165) is 10.9 Å². The Kier molecular flexibility index (Phi) is 4.68. The fourth-order valence-corrected chi connectivity index (χ4v) is 2.32. The van der Waals surface area contributed by atoms with E-state index in [1.54, 1.807) is 0 Å². The normalized spacial score (nSPS) is 10.3. The molecular formula is C14H14BrN3O2. The van der Waals surface area contributed by atoms with Crippen LogP contribution in [0.5, 0.6) is 0 Å². The molecule has 0 saturated heterocycles. The monoisotopic (exact) mass is 335 g/mol. The van der Waals surface area contributed by atoms with Gasteiger partial charge < -0.3 is 10.0 Å². The van der Waals surface area contributed by atoms with E-state index < -0.39 is 5.97 Å². The van der Waals surface area contributed by atoms with Crippen molar-refractivity contribution in [3.05, 3.63) is 52.4 Å². The highest BCUT2D eigenvalue weighted by Crippen LogP contribution is 2.16. The number of carboxylic acid groups (broad SMARTS) is 1. The maximum absolute atomic E-state index is 11.1. The van der Waals surface area contributed by atoms with Crippen molar-refractivity contribution in [1.82, 2.24) is 9.97 Å². The molecule has 1 aromatic heterocycles. The third-order valence-electron chi connectivity index (χ3n) is 2.91. The summed E-state index contributed by atoms with van der Waals surface area (Å²) in [6.07, 6.45) is 3.48. The molecule has 0 unspecified atom stereocenters. The Hall–Kier alpha value is -1.95. The molecule has 2 aromatic rings. The van der Waals surface area contributed by atoms with Gasteiger partial charge in [0.2, 0.25) is 0 Å². The van der Waals surface area contributed by atoms with Crippen LogP contribution >= 0.6 is 15.9 Å². The molecule has 0 spiro atoms. The minimum atomic E-state index is -1.02. The van der Waals surface area contributed by atoms with E-state index in [0.29, 0.717) is 12.4 Å². The predicted molar refractivity (Wildman–Crippen MR) is 80.1 cm³/mol. The predicted octanol–water partition coefficient (Wildman–Crippen LogP) is 2.62. The molecule has 0 saturated carbocycles. The molecule has 5 nitrogen and oxygen atoms in total. The number of nitrogens with zero attached hydrogens (tertiary/aromatic N) is 3. The highest BCUT2D eigenvalue weighted by Gasteiger charge is 2.14.